The summed E-state index contributed by atoms with van der Waals surface area (Å²) in [4.78, 5) is 2.28. The van der Waals surface area contributed by atoms with E-state index in [9.17, 15) is 0 Å². The summed E-state index contributed by atoms with van der Waals surface area (Å²) >= 11 is 13.0. The van der Waals surface area contributed by atoms with E-state index in [1.807, 2.05) is 28.9 Å². The van der Waals surface area contributed by atoms with Crippen LogP contribution in [0.2, 0.25) is 5.02 Å². The molecule has 0 amide bonds. The van der Waals surface area contributed by atoms with Gasteiger partial charge in [-0.2, -0.15) is 0 Å². The predicted molar refractivity (Wildman–Crippen MR) is 88.1 cm³/mol. The fraction of sp³-hybridized carbons (Fsp3) is 0.385. The van der Waals surface area contributed by atoms with Crippen molar-refractivity contribution in [2.45, 2.75) is 6.67 Å². The monoisotopic (exact) mass is 342 g/mol. The molecule has 1 aliphatic rings. The zero-order chi connectivity index (χ0) is 14.7. The lowest BCUT2D eigenvalue weighted by Crippen LogP contribution is -2.37. The van der Waals surface area contributed by atoms with Gasteiger partial charge in [-0.05, 0) is 24.4 Å². The lowest BCUT2D eigenvalue weighted by Gasteiger charge is -2.26. The van der Waals surface area contributed by atoms with Crippen LogP contribution in [0.15, 0.2) is 24.3 Å². The highest BCUT2D eigenvalue weighted by molar-refractivity contribution is 7.73. The number of hydrogen-bond donors (Lipinski definition) is 1. The predicted octanol–water partition coefficient (Wildman–Crippen LogP) is 3.36. The number of aromatic nitrogens is 2. The molecule has 2 aromatic rings. The number of ether oxygens (including phenoxy) is 1. The molecule has 1 aromatic carbocycles. The number of rotatable bonds is 4. The van der Waals surface area contributed by atoms with Gasteiger partial charge in [0.2, 0.25) is 5.13 Å². The van der Waals surface area contributed by atoms with E-state index in [4.69, 9.17) is 28.6 Å². The number of halogens is 1. The van der Waals surface area contributed by atoms with Gasteiger partial charge in [0, 0.05) is 13.1 Å². The molecule has 0 aliphatic carbocycles. The van der Waals surface area contributed by atoms with Crippen molar-refractivity contribution in [3.05, 3.63) is 33.2 Å². The zero-order valence-corrected chi connectivity index (χ0v) is 13.7. The topological polar surface area (TPSA) is 42.3 Å². The number of nitrogens with one attached hydrogen (secondary N) is 1. The van der Waals surface area contributed by atoms with E-state index < -0.39 is 0 Å². The van der Waals surface area contributed by atoms with Crippen LogP contribution in [0.1, 0.15) is 0 Å². The Balaban J connectivity index is 1.72. The Kier molecular flexibility index (Phi) is 4.87. The van der Waals surface area contributed by atoms with E-state index >= 15 is 0 Å². The van der Waals surface area contributed by atoms with Crippen molar-refractivity contribution in [1.29, 1.82) is 0 Å². The molecular formula is C13H15ClN4OS2. The van der Waals surface area contributed by atoms with Crippen LogP contribution in [0.25, 0.3) is 0 Å². The lowest BCUT2D eigenvalue weighted by atomic mass is 10.3. The minimum Gasteiger partial charge on any atom is -0.379 e. The number of morpholine rings is 1. The first-order valence-corrected chi connectivity index (χ1v) is 8.22. The van der Waals surface area contributed by atoms with Crippen LogP contribution in [-0.4, -0.2) is 41.0 Å². The largest absolute Gasteiger partial charge is 0.379 e. The molecule has 1 N–H and O–H groups in total. The third-order valence-electron chi connectivity index (χ3n) is 3.16. The Bertz CT molecular complexity index is 666. The molecule has 2 heterocycles. The Hall–Kier alpha value is -0.990. The molecule has 0 radical (unpaired) electrons. The maximum atomic E-state index is 6.14. The molecule has 0 bridgehead atoms. The highest BCUT2D eigenvalue weighted by atomic mass is 35.5. The van der Waals surface area contributed by atoms with E-state index in [1.54, 1.807) is 0 Å². The summed E-state index contributed by atoms with van der Waals surface area (Å²) in [5.74, 6) is 0. The molecule has 1 aliphatic heterocycles. The van der Waals surface area contributed by atoms with Gasteiger partial charge >= 0.3 is 0 Å². The summed E-state index contributed by atoms with van der Waals surface area (Å²) in [5, 5.41) is 9.15. The van der Waals surface area contributed by atoms with Gasteiger partial charge < -0.3 is 10.1 Å². The normalized spacial score (nSPS) is 16.0. The van der Waals surface area contributed by atoms with Crippen LogP contribution < -0.4 is 5.32 Å². The smallest absolute Gasteiger partial charge is 0.209 e. The summed E-state index contributed by atoms with van der Waals surface area (Å²) in [7, 11) is 0. The van der Waals surface area contributed by atoms with Crippen molar-refractivity contribution in [2.75, 3.05) is 31.6 Å². The molecule has 0 saturated carbocycles. The maximum absolute atomic E-state index is 6.14. The van der Waals surface area contributed by atoms with E-state index in [2.05, 4.69) is 15.3 Å². The molecule has 0 unspecified atom stereocenters. The Labute approximate surface area is 137 Å². The number of para-hydroxylation sites is 1. The Morgan fingerprint density at radius 3 is 2.86 bits per heavy atom. The molecule has 1 fully saturated rings. The van der Waals surface area contributed by atoms with Crippen molar-refractivity contribution >= 4 is 46.0 Å². The Morgan fingerprint density at radius 2 is 2.10 bits per heavy atom. The van der Waals surface area contributed by atoms with Crippen molar-refractivity contribution in [3.8, 4) is 0 Å². The molecule has 8 heteroatoms. The van der Waals surface area contributed by atoms with Gasteiger partial charge in [-0.25, -0.2) is 4.68 Å². The third-order valence-corrected chi connectivity index (χ3v) is 4.71. The van der Waals surface area contributed by atoms with Crippen LogP contribution >= 0.6 is 35.2 Å². The third kappa shape index (κ3) is 3.81. The van der Waals surface area contributed by atoms with Crippen molar-refractivity contribution in [3.63, 3.8) is 0 Å². The molecule has 5 nitrogen and oxygen atoms in total. The average molecular weight is 343 g/mol. The maximum Gasteiger partial charge on any atom is 0.209 e. The second kappa shape index (κ2) is 6.85. The minimum atomic E-state index is 0.665. The van der Waals surface area contributed by atoms with E-state index in [0.717, 1.165) is 41.1 Å². The minimum absolute atomic E-state index is 0.665. The highest BCUT2D eigenvalue weighted by Crippen LogP contribution is 2.26. The van der Waals surface area contributed by atoms with Gasteiger partial charge in [0.25, 0.3) is 0 Å². The van der Waals surface area contributed by atoms with E-state index in [0.29, 0.717) is 11.7 Å². The first-order valence-electron chi connectivity index (χ1n) is 6.62. The molecule has 0 atom stereocenters. The number of nitrogens with zero attached hydrogens (tertiary/aromatic N) is 3. The summed E-state index contributed by atoms with van der Waals surface area (Å²) in [5.41, 5.74) is 0.835. The van der Waals surface area contributed by atoms with E-state index in [1.165, 1.54) is 11.3 Å². The van der Waals surface area contributed by atoms with Crippen LogP contribution in [0.4, 0.5) is 10.8 Å². The van der Waals surface area contributed by atoms with Gasteiger partial charge in [-0.1, -0.05) is 35.1 Å². The molecule has 3 rings (SSSR count). The standard InChI is InChI=1S/C13H15ClN4OS2/c14-10-3-1-2-4-11(10)15-12-16-18(13(20)21-12)9-17-5-7-19-8-6-17/h1-4H,5-9H2,(H,15,16). The van der Waals surface area contributed by atoms with E-state index in [-0.39, 0.29) is 0 Å². The Morgan fingerprint density at radius 1 is 1.33 bits per heavy atom. The van der Waals surface area contributed by atoms with Crippen molar-refractivity contribution in [1.82, 2.24) is 14.7 Å². The van der Waals surface area contributed by atoms with Crippen LogP contribution in [-0.2, 0) is 11.4 Å². The molecule has 21 heavy (non-hydrogen) atoms. The van der Waals surface area contributed by atoms with Gasteiger partial charge in [-0.3, -0.25) is 4.90 Å². The first kappa shape index (κ1) is 14.9. The fourth-order valence-electron chi connectivity index (χ4n) is 2.06. The molecule has 112 valence electrons. The molecule has 0 spiro atoms. The SMILES string of the molecule is S=c1sc(Nc2ccccc2Cl)nn1CN1CCOCC1. The van der Waals surface area contributed by atoms with Crippen LogP contribution in [0.5, 0.6) is 0 Å². The lowest BCUT2D eigenvalue weighted by molar-refractivity contribution is 0.0212. The molecule has 1 aromatic heterocycles. The van der Waals surface area contributed by atoms with Gasteiger partial charge in [-0.15, -0.1) is 5.10 Å². The quantitative estimate of drug-likeness (QED) is 0.863. The van der Waals surface area contributed by atoms with Crippen molar-refractivity contribution < 1.29 is 4.74 Å². The molecule has 1 saturated heterocycles. The number of benzene rings is 1. The van der Waals surface area contributed by atoms with Gasteiger partial charge in [0.05, 0.1) is 30.6 Å². The second-order valence-electron chi connectivity index (χ2n) is 4.65. The summed E-state index contributed by atoms with van der Waals surface area (Å²) in [6, 6.07) is 7.58. The number of hydrogen-bond acceptors (Lipinski definition) is 6. The average Bonchev–Trinajstić information content (AvgIpc) is 2.82. The van der Waals surface area contributed by atoms with Crippen LogP contribution in [0, 0.1) is 3.95 Å². The van der Waals surface area contributed by atoms with Crippen LogP contribution in [0.3, 0.4) is 0 Å². The van der Waals surface area contributed by atoms with Crippen molar-refractivity contribution in [2.24, 2.45) is 0 Å². The summed E-state index contributed by atoms with van der Waals surface area (Å²) in [6.45, 7) is 4.05. The molecular weight excluding hydrogens is 328 g/mol. The fourth-order valence-corrected chi connectivity index (χ4v) is 3.24. The van der Waals surface area contributed by atoms with Gasteiger partial charge in [0.15, 0.2) is 3.95 Å². The summed E-state index contributed by atoms with van der Waals surface area (Å²) < 4.78 is 7.93. The summed E-state index contributed by atoms with van der Waals surface area (Å²) in [6.07, 6.45) is 0. The number of anilines is 2. The second-order valence-corrected chi connectivity index (χ2v) is 6.68. The highest BCUT2D eigenvalue weighted by Gasteiger charge is 2.13. The van der Waals surface area contributed by atoms with Gasteiger partial charge in [0.1, 0.15) is 0 Å². The first-order chi connectivity index (χ1) is 10.2. The zero-order valence-electron chi connectivity index (χ0n) is 11.3.